The number of nitrogens with two attached hydrogens (primary N) is 2. The van der Waals surface area contributed by atoms with Gasteiger partial charge in [0, 0.05) is 12.0 Å². The van der Waals surface area contributed by atoms with Gasteiger partial charge in [0.1, 0.15) is 54.0 Å². The topological polar surface area (TPSA) is 296 Å². The third-order valence-corrected chi connectivity index (χ3v) is 7.88. The number of primary amides is 1. The molecule has 0 spiro atoms. The van der Waals surface area contributed by atoms with Crippen molar-refractivity contribution in [1.29, 1.82) is 0 Å². The van der Waals surface area contributed by atoms with E-state index in [0.717, 1.165) is 0 Å². The molecule has 2 aromatic rings. The van der Waals surface area contributed by atoms with Gasteiger partial charge in [0.15, 0.2) is 0 Å². The normalized spacial score (nSPS) is 23.0. The number of ether oxygens (including phenoxy) is 2. The van der Waals surface area contributed by atoms with Gasteiger partial charge in [-0.15, -0.1) is 0 Å². The van der Waals surface area contributed by atoms with E-state index >= 15 is 0 Å². The molecule has 17 nitrogen and oxygen atoms in total. The Hall–Kier alpha value is -4.36. The highest BCUT2D eigenvalue weighted by Crippen LogP contribution is 2.24. The molecule has 0 saturated carbocycles. The van der Waals surface area contributed by atoms with E-state index in [1.165, 1.54) is 43.3 Å². The second kappa shape index (κ2) is 18.4. The minimum absolute atomic E-state index is 0.0152. The summed E-state index contributed by atoms with van der Waals surface area (Å²) in [5, 5.41) is 66.8. The molecule has 0 bridgehead atoms. The van der Waals surface area contributed by atoms with Crippen LogP contribution in [0.25, 0.3) is 0 Å². The fourth-order valence-electron chi connectivity index (χ4n) is 5.02. The number of phenolic OH excluding ortho intramolecular Hbond substituents is 1. The number of hydrogen-bond acceptors (Lipinski definition) is 13. The summed E-state index contributed by atoms with van der Waals surface area (Å²) >= 11 is 0. The summed E-state index contributed by atoms with van der Waals surface area (Å²) in [5.74, 6) is -3.09. The molecule has 1 saturated heterocycles. The van der Waals surface area contributed by atoms with Crippen LogP contribution in [0.2, 0.25) is 0 Å². The molecular weight excluding hydrogens is 646 g/mol. The van der Waals surface area contributed by atoms with Crippen molar-refractivity contribution in [2.75, 3.05) is 13.2 Å². The van der Waals surface area contributed by atoms with E-state index in [4.69, 9.17) is 20.9 Å². The van der Waals surface area contributed by atoms with Gasteiger partial charge < -0.3 is 67.5 Å². The summed E-state index contributed by atoms with van der Waals surface area (Å²) in [6.45, 7) is 0.957. The zero-order chi connectivity index (χ0) is 36.2. The smallest absolute Gasteiger partial charge is 0.251 e. The average Bonchev–Trinajstić information content (AvgIpc) is 3.07. The average molecular weight is 692 g/mol. The number of carbonyl (C=O) groups is 4. The molecule has 270 valence electrons. The van der Waals surface area contributed by atoms with Crippen LogP contribution in [-0.2, 0) is 25.5 Å². The number of aromatic hydroxyl groups is 1. The number of phenols is 1. The third kappa shape index (κ3) is 11.1. The molecule has 9 atom stereocenters. The molecule has 0 aromatic heterocycles. The van der Waals surface area contributed by atoms with Gasteiger partial charge in [0.2, 0.25) is 24.0 Å². The van der Waals surface area contributed by atoms with Crippen LogP contribution in [0, 0.1) is 0 Å². The van der Waals surface area contributed by atoms with Crippen LogP contribution in [0.1, 0.15) is 42.1 Å². The van der Waals surface area contributed by atoms with Gasteiger partial charge in [-0.3, -0.25) is 19.2 Å². The quantitative estimate of drug-likeness (QED) is 0.0733. The van der Waals surface area contributed by atoms with Gasteiger partial charge >= 0.3 is 0 Å². The largest absolute Gasteiger partial charge is 0.508 e. The molecule has 49 heavy (non-hydrogen) atoms. The summed E-state index contributed by atoms with van der Waals surface area (Å²) in [6.07, 6.45) is -7.76. The molecule has 3 rings (SSSR count). The Morgan fingerprint density at radius 3 is 2.08 bits per heavy atom. The number of carbonyl (C=O) groups excluding carboxylic acids is 4. The predicted octanol–water partition coefficient (Wildman–Crippen LogP) is -3.12. The molecule has 13 N–H and O–H groups in total. The van der Waals surface area contributed by atoms with Crippen LogP contribution < -0.4 is 32.2 Å². The number of unbranched alkanes of at least 4 members (excludes halogenated alkanes) is 1. The lowest BCUT2D eigenvalue weighted by atomic mass is 9.99. The number of nitrogens with one attached hydrogen (secondary N) is 3. The Labute approximate surface area is 282 Å². The zero-order valence-corrected chi connectivity index (χ0v) is 26.8. The molecular formula is C32H45N5O12. The zero-order valence-electron chi connectivity index (χ0n) is 26.8. The van der Waals surface area contributed by atoms with Gasteiger partial charge in [0.05, 0.1) is 12.7 Å². The summed E-state index contributed by atoms with van der Waals surface area (Å²) in [4.78, 5) is 51.9. The Morgan fingerprint density at radius 2 is 1.51 bits per heavy atom. The summed E-state index contributed by atoms with van der Waals surface area (Å²) in [7, 11) is 0. The molecule has 2 aromatic carbocycles. The van der Waals surface area contributed by atoms with Crippen LogP contribution in [-0.4, -0.2) is 122 Å². The number of benzene rings is 2. The number of aliphatic hydroxyl groups is 5. The van der Waals surface area contributed by atoms with Crippen molar-refractivity contribution in [3.63, 3.8) is 0 Å². The van der Waals surface area contributed by atoms with Crippen LogP contribution in [0.15, 0.2) is 48.5 Å². The number of amides is 4. The highest BCUT2D eigenvalue weighted by atomic mass is 16.7. The van der Waals surface area contributed by atoms with Crippen molar-refractivity contribution in [3.8, 4) is 11.5 Å². The maximum Gasteiger partial charge on any atom is 0.251 e. The second-order valence-corrected chi connectivity index (χ2v) is 11.7. The van der Waals surface area contributed by atoms with Crippen LogP contribution in [0.4, 0.5) is 0 Å². The first kappa shape index (κ1) is 39.1. The lowest BCUT2D eigenvalue weighted by Crippen LogP contribution is -2.60. The standard InChI is InChI=1S/C32H45N5O12/c1-16(39)24(28(34)44)37-30(46)21(4-2-3-13-33)35-31(47)22(14-17-5-9-19(40)10-6-17)36-29(45)18-7-11-20(12-8-18)48-32-27(43)26(42)25(41)23(15-38)49-32/h5-12,16,21-27,32,38-43H,2-4,13-15,33H2,1H3,(H2,34,44)(H,35,47)(H,36,45)(H,37,46)/t16-,21+,22+,23-,24+,25+,26+,27-,32-/m1/s1. The molecule has 4 amide bonds. The Bertz CT molecular complexity index is 1390. The first-order valence-electron chi connectivity index (χ1n) is 15.7. The van der Waals surface area contributed by atoms with Crippen molar-refractivity contribution < 1.29 is 59.3 Å². The van der Waals surface area contributed by atoms with Crippen molar-refractivity contribution in [3.05, 3.63) is 59.7 Å². The lowest BCUT2D eigenvalue weighted by Gasteiger charge is -2.39. The van der Waals surface area contributed by atoms with Gasteiger partial charge in [-0.1, -0.05) is 12.1 Å². The molecule has 0 unspecified atom stereocenters. The highest BCUT2D eigenvalue weighted by molar-refractivity contribution is 5.99. The van der Waals surface area contributed by atoms with Gasteiger partial charge in [-0.2, -0.15) is 0 Å². The van der Waals surface area contributed by atoms with Crippen molar-refractivity contribution in [1.82, 2.24) is 16.0 Å². The predicted molar refractivity (Wildman–Crippen MR) is 172 cm³/mol. The molecule has 0 radical (unpaired) electrons. The first-order chi connectivity index (χ1) is 23.2. The van der Waals surface area contributed by atoms with Crippen LogP contribution in [0.5, 0.6) is 11.5 Å². The lowest BCUT2D eigenvalue weighted by molar-refractivity contribution is -0.277. The van der Waals surface area contributed by atoms with E-state index in [9.17, 15) is 49.8 Å². The number of aliphatic hydroxyl groups excluding tert-OH is 5. The maximum absolute atomic E-state index is 13.7. The molecule has 1 aliphatic rings. The summed E-state index contributed by atoms with van der Waals surface area (Å²) < 4.78 is 10.9. The number of rotatable bonds is 17. The van der Waals surface area contributed by atoms with Crippen molar-refractivity contribution >= 4 is 23.6 Å². The molecule has 1 heterocycles. The minimum Gasteiger partial charge on any atom is -0.508 e. The maximum atomic E-state index is 13.7. The minimum atomic E-state index is -1.65. The van der Waals surface area contributed by atoms with E-state index in [2.05, 4.69) is 16.0 Å². The van der Waals surface area contributed by atoms with Gasteiger partial charge in [-0.25, -0.2) is 0 Å². The van der Waals surface area contributed by atoms with Crippen LogP contribution >= 0.6 is 0 Å². The number of hydrogen-bond donors (Lipinski definition) is 11. The molecule has 17 heteroatoms. The van der Waals surface area contributed by atoms with Crippen LogP contribution in [0.3, 0.4) is 0 Å². The van der Waals surface area contributed by atoms with E-state index in [1.807, 2.05) is 0 Å². The summed E-state index contributed by atoms with van der Waals surface area (Å²) in [6, 6.07) is 7.51. The fraction of sp³-hybridized carbons (Fsp3) is 0.500. The summed E-state index contributed by atoms with van der Waals surface area (Å²) in [5.41, 5.74) is 11.6. The SMILES string of the molecule is C[C@@H](O)[C@H](NC(=O)[C@H](CCCCN)NC(=O)[C@H](Cc1ccc(O)cc1)NC(=O)c1ccc(O[C@@H]2O[C@H](CO)[C@H](O)[C@H](O)[C@H]2O)cc1)C(N)=O. The second-order valence-electron chi connectivity index (χ2n) is 11.7. The fourth-order valence-corrected chi connectivity index (χ4v) is 5.02. The molecule has 1 fully saturated rings. The van der Waals surface area contributed by atoms with E-state index < -0.39 is 85.2 Å². The monoisotopic (exact) mass is 691 g/mol. The Morgan fingerprint density at radius 1 is 0.878 bits per heavy atom. The highest BCUT2D eigenvalue weighted by Gasteiger charge is 2.44. The van der Waals surface area contributed by atoms with Gasteiger partial charge in [0.25, 0.3) is 5.91 Å². The first-order valence-corrected chi connectivity index (χ1v) is 15.7. The van der Waals surface area contributed by atoms with Crippen molar-refractivity contribution in [2.24, 2.45) is 11.5 Å². The van der Waals surface area contributed by atoms with E-state index in [-0.39, 0.29) is 29.9 Å². The van der Waals surface area contributed by atoms with Gasteiger partial charge in [-0.05, 0) is 74.7 Å². The third-order valence-electron chi connectivity index (χ3n) is 7.88. The van der Waals surface area contributed by atoms with Crippen molar-refractivity contribution in [2.45, 2.75) is 87.5 Å². The molecule has 0 aliphatic carbocycles. The van der Waals surface area contributed by atoms with E-state index in [1.54, 1.807) is 12.1 Å². The Balaban J connectivity index is 1.78. The Kier molecular flexibility index (Phi) is 14.7. The molecule has 1 aliphatic heterocycles. The van der Waals surface area contributed by atoms with E-state index in [0.29, 0.717) is 24.9 Å².